The van der Waals surface area contributed by atoms with Gasteiger partial charge in [-0.1, -0.05) is 0 Å². The highest BCUT2D eigenvalue weighted by Crippen LogP contribution is 2.33. The lowest BCUT2D eigenvalue weighted by molar-refractivity contribution is 0.0218. The summed E-state index contributed by atoms with van der Waals surface area (Å²) in [6.07, 6.45) is 5.78. The molecule has 5 heterocycles. The average molecular weight is 316 g/mol. The maximum absolute atomic E-state index is 12.6. The van der Waals surface area contributed by atoms with Crippen molar-refractivity contribution in [2.75, 3.05) is 13.1 Å². The first-order valence-electron chi connectivity index (χ1n) is 7.89. The fraction of sp³-hybridized carbons (Fsp3) is 0.471. The van der Waals surface area contributed by atoms with Crippen LogP contribution in [0.25, 0.3) is 10.4 Å². The van der Waals surface area contributed by atoms with Crippen molar-refractivity contribution in [2.24, 2.45) is 5.92 Å². The molecular formula is C17H20N2O2S. The second-order valence-electron chi connectivity index (χ2n) is 6.29. The highest BCUT2D eigenvalue weighted by Gasteiger charge is 2.40. The van der Waals surface area contributed by atoms with Crippen LogP contribution in [0.3, 0.4) is 0 Å². The van der Waals surface area contributed by atoms with Crippen molar-refractivity contribution in [1.82, 2.24) is 10.2 Å². The summed E-state index contributed by atoms with van der Waals surface area (Å²) >= 11 is 1.52. The highest BCUT2D eigenvalue weighted by atomic mass is 32.1. The van der Waals surface area contributed by atoms with Gasteiger partial charge in [-0.25, -0.2) is 0 Å². The lowest BCUT2D eigenvalue weighted by atomic mass is 9.79. The first-order valence-corrected chi connectivity index (χ1v) is 8.71. The Morgan fingerprint density at radius 1 is 1.32 bits per heavy atom. The Bertz CT molecular complexity index is 654. The molecule has 5 heteroatoms. The van der Waals surface area contributed by atoms with Crippen molar-refractivity contribution in [3.05, 3.63) is 35.6 Å². The number of nitrogens with zero attached hydrogens (tertiary/aromatic N) is 1. The maximum Gasteiger partial charge on any atom is 0.261 e. The second-order valence-corrected chi connectivity index (χ2v) is 7.37. The van der Waals surface area contributed by atoms with Crippen LogP contribution in [0, 0.1) is 5.92 Å². The minimum Gasteiger partial charge on any atom is -0.472 e. The summed E-state index contributed by atoms with van der Waals surface area (Å²) in [6.45, 7) is 4.60. The van der Waals surface area contributed by atoms with E-state index in [9.17, 15) is 4.79 Å². The maximum atomic E-state index is 12.6. The fourth-order valence-electron chi connectivity index (χ4n) is 3.79. The summed E-state index contributed by atoms with van der Waals surface area (Å²) in [6, 6.07) is 6.56. The summed E-state index contributed by atoms with van der Waals surface area (Å²) in [5, 5.41) is 3.28. The third kappa shape index (κ3) is 2.38. The number of piperidine rings is 3. The van der Waals surface area contributed by atoms with Gasteiger partial charge in [-0.15, -0.1) is 11.3 Å². The molecule has 22 heavy (non-hydrogen) atoms. The third-order valence-corrected chi connectivity index (χ3v) is 6.24. The first-order chi connectivity index (χ1) is 10.7. The molecule has 0 saturated carbocycles. The molecular weight excluding hydrogens is 296 g/mol. The van der Waals surface area contributed by atoms with Crippen molar-refractivity contribution < 1.29 is 9.21 Å². The van der Waals surface area contributed by atoms with Crippen LogP contribution in [-0.2, 0) is 0 Å². The van der Waals surface area contributed by atoms with Gasteiger partial charge in [0.25, 0.3) is 5.91 Å². The summed E-state index contributed by atoms with van der Waals surface area (Å²) in [7, 11) is 0. The number of nitrogens with one attached hydrogen (secondary N) is 1. The molecule has 1 N–H and O–H groups in total. The molecule has 0 aliphatic carbocycles. The molecule has 5 rings (SSSR count). The first kappa shape index (κ1) is 14.0. The van der Waals surface area contributed by atoms with Gasteiger partial charge in [0, 0.05) is 22.5 Å². The Morgan fingerprint density at radius 2 is 2.14 bits per heavy atom. The van der Waals surface area contributed by atoms with Crippen molar-refractivity contribution >= 4 is 17.2 Å². The van der Waals surface area contributed by atoms with E-state index in [1.54, 1.807) is 12.5 Å². The SMILES string of the molecule is C[C@@H]1[C@H](NC(=O)c2ccc(-c3ccoc3)s2)C2CCN1CC2. The predicted molar refractivity (Wildman–Crippen MR) is 87.0 cm³/mol. The van der Waals surface area contributed by atoms with E-state index in [0.29, 0.717) is 12.0 Å². The van der Waals surface area contributed by atoms with Gasteiger partial charge >= 0.3 is 0 Å². The van der Waals surface area contributed by atoms with Gasteiger partial charge in [0.2, 0.25) is 0 Å². The second kappa shape index (κ2) is 5.56. The van der Waals surface area contributed by atoms with Gasteiger partial charge in [-0.05, 0) is 57.0 Å². The largest absolute Gasteiger partial charge is 0.472 e. The topological polar surface area (TPSA) is 45.5 Å². The molecule has 0 radical (unpaired) electrons. The standard InChI is InChI=1S/C17H20N2O2S/c1-11-16(12-4-7-19(11)8-5-12)18-17(20)15-3-2-14(22-15)13-6-9-21-10-13/h2-3,6,9-12,16H,4-5,7-8H2,1H3,(H,18,20)/t11-,16+/m1/s1. The predicted octanol–water partition coefficient (Wildman–Crippen LogP) is 3.22. The number of hydrogen-bond donors (Lipinski definition) is 1. The smallest absolute Gasteiger partial charge is 0.261 e. The van der Waals surface area contributed by atoms with Crippen molar-refractivity contribution in [1.29, 1.82) is 0 Å². The molecule has 4 nitrogen and oxygen atoms in total. The Hall–Kier alpha value is -1.59. The van der Waals surface area contributed by atoms with E-state index in [0.717, 1.165) is 15.3 Å². The van der Waals surface area contributed by atoms with E-state index in [4.69, 9.17) is 4.42 Å². The minimum absolute atomic E-state index is 0.0605. The Kier molecular flexibility index (Phi) is 3.54. The minimum atomic E-state index is 0.0605. The molecule has 116 valence electrons. The molecule has 0 unspecified atom stereocenters. The molecule has 3 saturated heterocycles. The normalized spacial score (nSPS) is 30.4. The average Bonchev–Trinajstić information content (AvgIpc) is 3.21. The van der Waals surface area contributed by atoms with Crippen molar-refractivity contribution in [3.63, 3.8) is 0 Å². The summed E-state index contributed by atoms with van der Waals surface area (Å²) in [4.78, 5) is 16.9. The molecule has 2 bridgehead atoms. The quantitative estimate of drug-likeness (QED) is 0.945. The number of thiophene rings is 1. The molecule has 2 aromatic rings. The summed E-state index contributed by atoms with van der Waals surface area (Å²) in [5.41, 5.74) is 1.03. The molecule has 0 spiro atoms. The molecule has 3 aliphatic heterocycles. The number of amides is 1. The van der Waals surface area contributed by atoms with Gasteiger partial charge in [-0.2, -0.15) is 0 Å². The van der Waals surface area contributed by atoms with E-state index in [2.05, 4.69) is 17.1 Å². The van der Waals surface area contributed by atoms with Crippen molar-refractivity contribution in [3.8, 4) is 10.4 Å². The molecule has 2 atom stereocenters. The van der Waals surface area contributed by atoms with Crippen LogP contribution >= 0.6 is 11.3 Å². The number of rotatable bonds is 3. The summed E-state index contributed by atoms with van der Waals surface area (Å²) < 4.78 is 5.11. The van der Waals surface area contributed by atoms with Crippen LogP contribution in [0.15, 0.2) is 35.1 Å². The Balaban J connectivity index is 1.48. The van der Waals surface area contributed by atoms with Gasteiger partial charge in [0.1, 0.15) is 0 Å². The van der Waals surface area contributed by atoms with Gasteiger partial charge < -0.3 is 9.73 Å². The molecule has 2 aromatic heterocycles. The molecule has 0 aromatic carbocycles. The third-order valence-electron chi connectivity index (χ3n) is 5.11. The molecule has 1 amide bonds. The van der Waals surface area contributed by atoms with Crippen LogP contribution in [-0.4, -0.2) is 36.0 Å². The van der Waals surface area contributed by atoms with E-state index in [-0.39, 0.29) is 11.9 Å². The van der Waals surface area contributed by atoms with Crippen molar-refractivity contribution in [2.45, 2.75) is 31.8 Å². The summed E-state index contributed by atoms with van der Waals surface area (Å²) in [5.74, 6) is 0.697. The van der Waals surface area contributed by atoms with E-state index >= 15 is 0 Å². The lowest BCUT2D eigenvalue weighted by Crippen LogP contribution is -2.62. The van der Waals surface area contributed by atoms with Crippen LogP contribution in [0.5, 0.6) is 0 Å². The van der Waals surface area contributed by atoms with Crippen LogP contribution in [0.2, 0.25) is 0 Å². The van der Waals surface area contributed by atoms with Gasteiger partial charge in [0.15, 0.2) is 0 Å². The highest BCUT2D eigenvalue weighted by molar-refractivity contribution is 7.17. The monoisotopic (exact) mass is 316 g/mol. The van der Waals surface area contributed by atoms with Gasteiger partial charge in [0.05, 0.1) is 17.4 Å². The van der Waals surface area contributed by atoms with Gasteiger partial charge in [-0.3, -0.25) is 9.69 Å². The van der Waals surface area contributed by atoms with Crippen LogP contribution in [0.1, 0.15) is 29.4 Å². The zero-order valence-electron chi connectivity index (χ0n) is 12.6. The Morgan fingerprint density at radius 3 is 2.82 bits per heavy atom. The number of hydrogen-bond acceptors (Lipinski definition) is 4. The molecule has 3 aliphatic rings. The number of carbonyl (C=O) groups excluding carboxylic acids is 1. The zero-order chi connectivity index (χ0) is 15.1. The van der Waals surface area contributed by atoms with E-state index in [1.807, 2.05) is 18.2 Å². The molecule has 3 fully saturated rings. The Labute approximate surface area is 134 Å². The van der Waals surface area contributed by atoms with Crippen LogP contribution < -0.4 is 5.32 Å². The van der Waals surface area contributed by atoms with E-state index < -0.39 is 0 Å². The number of furan rings is 1. The number of carbonyl (C=O) groups is 1. The van der Waals surface area contributed by atoms with Crippen LogP contribution in [0.4, 0.5) is 0 Å². The fourth-order valence-corrected chi connectivity index (χ4v) is 4.68. The zero-order valence-corrected chi connectivity index (χ0v) is 13.4. The number of fused-ring (bicyclic) bond motifs is 3. The van der Waals surface area contributed by atoms with E-state index in [1.165, 1.54) is 37.3 Å². The lowest BCUT2D eigenvalue weighted by Gasteiger charge is -2.49.